The molecular weight excluding hydrogens is 215 g/mol. The number of hydrogen-bond donors (Lipinski definition) is 1. The van der Waals surface area contributed by atoms with Gasteiger partial charge in [0.1, 0.15) is 10.3 Å². The van der Waals surface area contributed by atoms with Crippen molar-refractivity contribution in [1.82, 2.24) is 4.98 Å². The number of carbonyl (C=O) groups excluding carboxylic acids is 1. The van der Waals surface area contributed by atoms with Crippen molar-refractivity contribution in [2.24, 2.45) is 0 Å². The first-order valence-electron chi connectivity index (χ1n) is 2.72. The Kier molecular flexibility index (Phi) is 2.19. The summed E-state index contributed by atoms with van der Waals surface area (Å²) in [6.07, 6.45) is 0.472. The number of aldehydes is 1. The lowest BCUT2D eigenvalue weighted by atomic mass is 10.3. The molecular formula is C6H4BrFN2O. The molecule has 1 rings (SSSR count). The molecule has 1 aromatic rings. The van der Waals surface area contributed by atoms with Crippen LogP contribution in [-0.4, -0.2) is 11.3 Å². The number of nitrogen functional groups attached to an aromatic ring is 1. The predicted octanol–water partition coefficient (Wildman–Crippen LogP) is 1.38. The molecule has 0 spiro atoms. The third-order valence-electron chi connectivity index (χ3n) is 1.11. The SMILES string of the molecule is Nc1cc(F)c(Br)nc1C=O. The second-order valence-corrected chi connectivity index (χ2v) is 2.60. The van der Waals surface area contributed by atoms with Crippen LogP contribution < -0.4 is 5.73 Å². The fraction of sp³-hybridized carbons (Fsp3) is 0. The predicted molar refractivity (Wildman–Crippen MR) is 41.7 cm³/mol. The first kappa shape index (κ1) is 8.13. The second-order valence-electron chi connectivity index (χ2n) is 1.85. The Morgan fingerprint density at radius 3 is 2.91 bits per heavy atom. The standard InChI is InChI=1S/C6H4BrFN2O/c7-6-3(8)1-4(9)5(2-11)10-6/h1-2H,9H2. The van der Waals surface area contributed by atoms with Crippen molar-refractivity contribution in [3.8, 4) is 0 Å². The number of nitrogens with zero attached hydrogens (tertiary/aromatic N) is 1. The van der Waals surface area contributed by atoms with Gasteiger partial charge in [0.2, 0.25) is 0 Å². The summed E-state index contributed by atoms with van der Waals surface area (Å²) in [5.74, 6) is -0.576. The first-order valence-corrected chi connectivity index (χ1v) is 3.51. The molecule has 0 bridgehead atoms. The fourth-order valence-corrected chi connectivity index (χ4v) is 0.894. The Morgan fingerprint density at radius 2 is 2.36 bits per heavy atom. The van der Waals surface area contributed by atoms with Crippen molar-refractivity contribution in [2.75, 3.05) is 5.73 Å². The minimum Gasteiger partial charge on any atom is -0.397 e. The van der Waals surface area contributed by atoms with E-state index in [0.29, 0.717) is 6.29 Å². The first-order chi connectivity index (χ1) is 5.15. The van der Waals surface area contributed by atoms with Crippen molar-refractivity contribution in [3.05, 3.63) is 22.2 Å². The summed E-state index contributed by atoms with van der Waals surface area (Å²) in [6, 6.07) is 1.04. The molecule has 0 aromatic carbocycles. The number of aromatic nitrogens is 1. The maximum atomic E-state index is 12.6. The Bertz CT molecular complexity index is 303. The van der Waals surface area contributed by atoms with Crippen LogP contribution in [0.25, 0.3) is 0 Å². The third kappa shape index (κ3) is 1.54. The largest absolute Gasteiger partial charge is 0.397 e. The van der Waals surface area contributed by atoms with Crippen molar-refractivity contribution < 1.29 is 9.18 Å². The summed E-state index contributed by atoms with van der Waals surface area (Å²) in [6.45, 7) is 0. The van der Waals surface area contributed by atoms with Gasteiger partial charge in [-0.2, -0.15) is 0 Å². The zero-order valence-electron chi connectivity index (χ0n) is 5.34. The molecule has 0 saturated carbocycles. The van der Waals surface area contributed by atoms with Crippen molar-refractivity contribution in [3.63, 3.8) is 0 Å². The molecule has 0 aliphatic heterocycles. The second kappa shape index (κ2) is 2.96. The van der Waals surface area contributed by atoms with E-state index in [1.807, 2.05) is 0 Å². The number of anilines is 1. The molecule has 0 unspecified atom stereocenters. The average molecular weight is 219 g/mol. The molecule has 1 heterocycles. The number of nitrogens with two attached hydrogens (primary N) is 1. The smallest absolute Gasteiger partial charge is 0.170 e. The number of pyridine rings is 1. The van der Waals surface area contributed by atoms with E-state index in [2.05, 4.69) is 20.9 Å². The molecule has 0 atom stereocenters. The summed E-state index contributed by atoms with van der Waals surface area (Å²) >= 11 is 2.82. The van der Waals surface area contributed by atoms with Crippen molar-refractivity contribution in [2.45, 2.75) is 0 Å². The zero-order valence-corrected chi connectivity index (χ0v) is 6.93. The van der Waals surface area contributed by atoms with E-state index in [0.717, 1.165) is 6.07 Å². The highest BCUT2D eigenvalue weighted by molar-refractivity contribution is 9.10. The molecule has 5 heteroatoms. The van der Waals surface area contributed by atoms with Gasteiger partial charge < -0.3 is 5.73 Å². The summed E-state index contributed by atoms with van der Waals surface area (Å²) < 4.78 is 12.6. The fourth-order valence-electron chi connectivity index (χ4n) is 0.588. The van der Waals surface area contributed by atoms with Crippen LogP contribution in [0.3, 0.4) is 0 Å². The highest BCUT2D eigenvalue weighted by Crippen LogP contribution is 2.16. The normalized spacial score (nSPS) is 9.64. The molecule has 0 radical (unpaired) electrons. The van der Waals surface area contributed by atoms with Gasteiger partial charge in [0.15, 0.2) is 12.1 Å². The Labute approximate surface area is 70.6 Å². The van der Waals surface area contributed by atoms with Crippen LogP contribution in [0, 0.1) is 5.82 Å². The Morgan fingerprint density at radius 1 is 1.73 bits per heavy atom. The number of hydrogen-bond acceptors (Lipinski definition) is 3. The van der Waals surface area contributed by atoms with Crippen LogP contribution in [-0.2, 0) is 0 Å². The van der Waals surface area contributed by atoms with Crippen LogP contribution in [0.15, 0.2) is 10.7 Å². The molecule has 1 aromatic heterocycles. The third-order valence-corrected chi connectivity index (χ3v) is 1.66. The molecule has 3 nitrogen and oxygen atoms in total. The summed E-state index contributed by atoms with van der Waals surface area (Å²) in [4.78, 5) is 13.7. The molecule has 0 aliphatic rings. The Balaban J connectivity index is 3.31. The minimum absolute atomic E-state index is 0.00574. The number of rotatable bonds is 1. The molecule has 11 heavy (non-hydrogen) atoms. The van der Waals surface area contributed by atoms with Gasteiger partial charge in [0.25, 0.3) is 0 Å². The Hall–Kier alpha value is -0.970. The van der Waals surface area contributed by atoms with Crippen LogP contribution in [0.2, 0.25) is 0 Å². The topological polar surface area (TPSA) is 56.0 Å². The lowest BCUT2D eigenvalue weighted by molar-refractivity contribution is 0.111. The number of halogens is 2. The lowest BCUT2D eigenvalue weighted by Crippen LogP contribution is -1.98. The van der Waals surface area contributed by atoms with E-state index in [1.165, 1.54) is 0 Å². The quantitative estimate of drug-likeness (QED) is 0.573. The highest BCUT2D eigenvalue weighted by atomic mass is 79.9. The minimum atomic E-state index is -0.576. The van der Waals surface area contributed by atoms with Crippen LogP contribution in [0.5, 0.6) is 0 Å². The van der Waals surface area contributed by atoms with Crippen LogP contribution in [0.1, 0.15) is 10.5 Å². The van der Waals surface area contributed by atoms with Crippen LogP contribution >= 0.6 is 15.9 Å². The number of carbonyl (C=O) groups is 1. The van der Waals surface area contributed by atoms with Gasteiger partial charge in [-0.1, -0.05) is 0 Å². The molecule has 0 aliphatic carbocycles. The monoisotopic (exact) mass is 218 g/mol. The van der Waals surface area contributed by atoms with E-state index in [9.17, 15) is 9.18 Å². The van der Waals surface area contributed by atoms with E-state index in [-0.39, 0.29) is 16.0 Å². The lowest BCUT2D eigenvalue weighted by Gasteiger charge is -1.98. The maximum absolute atomic E-state index is 12.6. The van der Waals surface area contributed by atoms with E-state index in [4.69, 9.17) is 5.73 Å². The average Bonchev–Trinajstić information content (AvgIpc) is 1.97. The van der Waals surface area contributed by atoms with Gasteiger partial charge >= 0.3 is 0 Å². The highest BCUT2D eigenvalue weighted by Gasteiger charge is 2.05. The van der Waals surface area contributed by atoms with Gasteiger partial charge in [0, 0.05) is 6.07 Å². The molecule has 58 valence electrons. The van der Waals surface area contributed by atoms with Gasteiger partial charge in [-0.25, -0.2) is 9.37 Å². The molecule has 0 amide bonds. The van der Waals surface area contributed by atoms with E-state index in [1.54, 1.807) is 0 Å². The molecule has 0 fully saturated rings. The van der Waals surface area contributed by atoms with Gasteiger partial charge in [0.05, 0.1) is 5.69 Å². The zero-order chi connectivity index (χ0) is 8.43. The molecule has 0 saturated heterocycles. The maximum Gasteiger partial charge on any atom is 0.170 e. The van der Waals surface area contributed by atoms with E-state index >= 15 is 0 Å². The van der Waals surface area contributed by atoms with Gasteiger partial charge in [-0.05, 0) is 15.9 Å². The summed E-state index contributed by atoms with van der Waals surface area (Å²) in [7, 11) is 0. The molecule has 2 N–H and O–H groups in total. The van der Waals surface area contributed by atoms with Crippen LogP contribution in [0.4, 0.5) is 10.1 Å². The summed E-state index contributed by atoms with van der Waals surface area (Å²) in [5.41, 5.74) is 5.33. The van der Waals surface area contributed by atoms with Crippen molar-refractivity contribution >= 4 is 27.9 Å². The van der Waals surface area contributed by atoms with Gasteiger partial charge in [-0.3, -0.25) is 4.79 Å². The van der Waals surface area contributed by atoms with Gasteiger partial charge in [-0.15, -0.1) is 0 Å². The summed E-state index contributed by atoms with van der Waals surface area (Å²) in [5, 5.41) is 0. The van der Waals surface area contributed by atoms with E-state index < -0.39 is 5.82 Å². The van der Waals surface area contributed by atoms with Crippen molar-refractivity contribution in [1.29, 1.82) is 0 Å².